The molecule has 0 bridgehead atoms. The summed E-state index contributed by atoms with van der Waals surface area (Å²) >= 11 is 0. The fourth-order valence-corrected chi connectivity index (χ4v) is 1.84. The second-order valence-electron chi connectivity index (χ2n) is 4.13. The molecule has 0 fully saturated rings. The Morgan fingerprint density at radius 2 is 2.12 bits per heavy atom. The number of hydrogen-bond donors (Lipinski definition) is 1. The van der Waals surface area contributed by atoms with Gasteiger partial charge in [-0.3, -0.25) is 0 Å². The minimum absolute atomic E-state index is 0.239. The van der Waals surface area contributed by atoms with Gasteiger partial charge >= 0.3 is 0 Å². The second kappa shape index (κ2) is 7.30. The molecule has 1 aromatic carbocycles. The lowest BCUT2D eigenvalue weighted by molar-refractivity contribution is 0.101. The van der Waals surface area contributed by atoms with Gasteiger partial charge in [0.15, 0.2) is 0 Å². The normalized spacial score (nSPS) is 14.4. The Hall–Kier alpha value is -1.06. The lowest BCUT2D eigenvalue weighted by atomic mass is 10.0. The zero-order valence-electron chi connectivity index (χ0n) is 11.2. The van der Waals surface area contributed by atoms with Crippen molar-refractivity contribution < 1.29 is 9.47 Å². The lowest BCUT2D eigenvalue weighted by Crippen LogP contribution is -2.22. The fourth-order valence-electron chi connectivity index (χ4n) is 1.84. The molecule has 0 aromatic heterocycles. The monoisotopic (exact) mass is 237 g/mol. The number of rotatable bonds is 7. The zero-order chi connectivity index (χ0) is 12.7. The lowest BCUT2D eigenvalue weighted by Gasteiger charge is -2.20. The van der Waals surface area contributed by atoms with Crippen LogP contribution >= 0.6 is 0 Å². The highest BCUT2D eigenvalue weighted by molar-refractivity contribution is 5.30. The average molecular weight is 237 g/mol. The van der Waals surface area contributed by atoms with E-state index in [1.165, 1.54) is 5.56 Å². The van der Waals surface area contributed by atoms with Crippen LogP contribution in [0, 0.1) is 0 Å². The van der Waals surface area contributed by atoms with Gasteiger partial charge in [0, 0.05) is 13.2 Å². The van der Waals surface area contributed by atoms with Crippen LogP contribution in [-0.2, 0) is 4.74 Å². The molecule has 17 heavy (non-hydrogen) atoms. The molecule has 0 radical (unpaired) electrons. The molecule has 0 aliphatic heterocycles. The van der Waals surface area contributed by atoms with Crippen LogP contribution in [0.1, 0.15) is 31.9 Å². The van der Waals surface area contributed by atoms with E-state index in [9.17, 15) is 0 Å². The molecule has 3 nitrogen and oxygen atoms in total. The topological polar surface area (TPSA) is 30.5 Å². The Labute approximate surface area is 104 Å². The summed E-state index contributed by atoms with van der Waals surface area (Å²) in [5, 5.41) is 3.32. The summed E-state index contributed by atoms with van der Waals surface area (Å²) in [6.07, 6.45) is 1.19. The van der Waals surface area contributed by atoms with Crippen molar-refractivity contribution in [3.05, 3.63) is 29.8 Å². The highest BCUT2D eigenvalue weighted by Crippen LogP contribution is 2.23. The van der Waals surface area contributed by atoms with Gasteiger partial charge in [-0.15, -0.1) is 0 Å². The molecule has 0 amide bonds. The van der Waals surface area contributed by atoms with Gasteiger partial charge in [-0.2, -0.15) is 0 Å². The van der Waals surface area contributed by atoms with E-state index in [1.807, 2.05) is 26.1 Å². The molecule has 96 valence electrons. The minimum atomic E-state index is 0.239. The predicted molar refractivity (Wildman–Crippen MR) is 70.5 cm³/mol. The minimum Gasteiger partial charge on any atom is -0.494 e. The van der Waals surface area contributed by atoms with E-state index < -0.39 is 0 Å². The van der Waals surface area contributed by atoms with Gasteiger partial charge in [0.2, 0.25) is 0 Å². The Morgan fingerprint density at radius 1 is 1.35 bits per heavy atom. The molecular weight excluding hydrogens is 214 g/mol. The average Bonchev–Trinajstić information content (AvgIpc) is 2.36. The van der Waals surface area contributed by atoms with Gasteiger partial charge in [0.1, 0.15) is 5.75 Å². The molecule has 0 aliphatic rings. The van der Waals surface area contributed by atoms with Gasteiger partial charge in [0.05, 0.1) is 12.7 Å². The molecule has 0 heterocycles. The van der Waals surface area contributed by atoms with Crippen LogP contribution in [-0.4, -0.2) is 26.9 Å². The molecule has 0 aliphatic carbocycles. The van der Waals surface area contributed by atoms with E-state index in [0.717, 1.165) is 12.2 Å². The van der Waals surface area contributed by atoms with Gasteiger partial charge < -0.3 is 14.8 Å². The summed E-state index contributed by atoms with van der Waals surface area (Å²) in [4.78, 5) is 0. The summed E-state index contributed by atoms with van der Waals surface area (Å²) in [6, 6.07) is 8.52. The number of nitrogens with one attached hydrogen (secondary N) is 1. The molecule has 0 spiro atoms. The van der Waals surface area contributed by atoms with Crippen LogP contribution < -0.4 is 10.1 Å². The number of ether oxygens (including phenoxy) is 2. The van der Waals surface area contributed by atoms with E-state index in [2.05, 4.69) is 24.4 Å². The zero-order valence-corrected chi connectivity index (χ0v) is 11.2. The maximum absolute atomic E-state index is 5.51. The van der Waals surface area contributed by atoms with Crippen molar-refractivity contribution in [3.63, 3.8) is 0 Å². The Bertz CT molecular complexity index is 328. The van der Waals surface area contributed by atoms with Crippen LogP contribution in [0.2, 0.25) is 0 Å². The molecule has 0 saturated heterocycles. The third-order valence-electron chi connectivity index (χ3n) is 2.89. The first-order valence-corrected chi connectivity index (χ1v) is 6.14. The van der Waals surface area contributed by atoms with Crippen molar-refractivity contribution in [3.8, 4) is 5.75 Å². The standard InChI is InChI=1S/C14H23NO2/c1-5-17-13-8-6-7-12(10-13)14(15-3)9-11(2)16-4/h6-8,10-11,14-15H,5,9H2,1-4H3. The summed E-state index contributed by atoms with van der Waals surface area (Å²) in [7, 11) is 3.72. The van der Waals surface area contributed by atoms with Crippen molar-refractivity contribution in [2.75, 3.05) is 20.8 Å². The smallest absolute Gasteiger partial charge is 0.119 e. The van der Waals surface area contributed by atoms with E-state index in [0.29, 0.717) is 12.6 Å². The largest absolute Gasteiger partial charge is 0.494 e. The number of methoxy groups -OCH3 is 1. The highest BCUT2D eigenvalue weighted by Gasteiger charge is 2.13. The number of benzene rings is 1. The van der Waals surface area contributed by atoms with Crippen LogP contribution in [0.3, 0.4) is 0 Å². The summed E-state index contributed by atoms with van der Waals surface area (Å²) in [6.45, 7) is 4.77. The van der Waals surface area contributed by atoms with Crippen molar-refractivity contribution in [1.82, 2.24) is 5.32 Å². The highest BCUT2D eigenvalue weighted by atomic mass is 16.5. The first kappa shape index (κ1) is 14.0. The van der Waals surface area contributed by atoms with E-state index in [4.69, 9.17) is 9.47 Å². The second-order valence-corrected chi connectivity index (χ2v) is 4.13. The molecule has 2 unspecified atom stereocenters. The van der Waals surface area contributed by atoms with E-state index >= 15 is 0 Å². The first-order chi connectivity index (χ1) is 8.21. The maximum Gasteiger partial charge on any atom is 0.119 e. The molecular formula is C14H23NO2. The predicted octanol–water partition coefficient (Wildman–Crippen LogP) is 2.77. The Balaban J connectivity index is 2.76. The van der Waals surface area contributed by atoms with Crippen LogP contribution in [0.4, 0.5) is 0 Å². The van der Waals surface area contributed by atoms with E-state index in [1.54, 1.807) is 7.11 Å². The summed E-state index contributed by atoms with van der Waals surface area (Å²) in [5.41, 5.74) is 1.24. The van der Waals surface area contributed by atoms with Gasteiger partial charge in [-0.25, -0.2) is 0 Å². The van der Waals surface area contributed by atoms with Crippen LogP contribution in [0.5, 0.6) is 5.75 Å². The first-order valence-electron chi connectivity index (χ1n) is 6.14. The molecule has 1 aromatic rings. The summed E-state index contributed by atoms with van der Waals surface area (Å²) in [5.74, 6) is 0.926. The molecule has 1 N–H and O–H groups in total. The third kappa shape index (κ3) is 4.36. The van der Waals surface area contributed by atoms with E-state index in [-0.39, 0.29) is 6.10 Å². The molecule has 3 heteroatoms. The molecule has 0 saturated carbocycles. The SMILES string of the molecule is CCOc1cccc(C(CC(C)OC)NC)c1. The number of hydrogen-bond acceptors (Lipinski definition) is 3. The quantitative estimate of drug-likeness (QED) is 0.791. The van der Waals surface area contributed by atoms with Gasteiger partial charge in [-0.05, 0) is 45.0 Å². The van der Waals surface area contributed by atoms with Crippen molar-refractivity contribution in [1.29, 1.82) is 0 Å². The third-order valence-corrected chi connectivity index (χ3v) is 2.89. The molecule has 1 rings (SSSR count). The summed E-state index contributed by atoms with van der Waals surface area (Å²) < 4.78 is 10.8. The van der Waals surface area contributed by atoms with Crippen molar-refractivity contribution in [2.24, 2.45) is 0 Å². The van der Waals surface area contributed by atoms with Crippen molar-refractivity contribution >= 4 is 0 Å². The Morgan fingerprint density at radius 3 is 2.71 bits per heavy atom. The molecule has 2 atom stereocenters. The maximum atomic E-state index is 5.51. The van der Waals surface area contributed by atoms with Gasteiger partial charge in [0.25, 0.3) is 0 Å². The Kier molecular flexibility index (Phi) is 6.01. The van der Waals surface area contributed by atoms with Crippen molar-refractivity contribution in [2.45, 2.75) is 32.4 Å². The van der Waals surface area contributed by atoms with Gasteiger partial charge in [-0.1, -0.05) is 12.1 Å². The fraction of sp³-hybridized carbons (Fsp3) is 0.571. The van der Waals surface area contributed by atoms with Crippen LogP contribution in [0.25, 0.3) is 0 Å². The van der Waals surface area contributed by atoms with Crippen LogP contribution in [0.15, 0.2) is 24.3 Å².